The first-order valence-corrected chi connectivity index (χ1v) is 19.9. The van der Waals surface area contributed by atoms with Gasteiger partial charge < -0.3 is 0 Å². The van der Waals surface area contributed by atoms with Crippen LogP contribution in [0, 0.1) is 0 Å². The highest BCUT2D eigenvalue weighted by molar-refractivity contribution is 6.80. The molecular formula is C32H16BF52-. The monoisotopic (exact) mass is 1400 g/mol. The molecule has 0 atom stereocenters. The van der Waals surface area contributed by atoms with Crippen LogP contribution in [0.3, 0.4) is 0 Å². The van der Waals surface area contributed by atoms with Crippen LogP contribution < -0.4 is 0 Å². The molecule has 0 aromatic rings. The fraction of sp³-hybridized carbons (Fsp3) is 1.00. The minimum absolute atomic E-state index is 4.46. The second-order valence-corrected chi connectivity index (χ2v) is 17.9. The van der Waals surface area contributed by atoms with E-state index in [0.29, 0.717) is 0 Å². The summed E-state index contributed by atoms with van der Waals surface area (Å²) in [5.41, 5.74) is 0. The number of alkyl halides is 52. The number of hydrogen-bond donors (Lipinski definition) is 0. The van der Waals surface area contributed by atoms with Gasteiger partial charge in [0, 0.05) is 6.15 Å². The van der Waals surface area contributed by atoms with Crippen molar-refractivity contribution in [2.24, 2.45) is 0 Å². The molecule has 512 valence electrons. The van der Waals surface area contributed by atoms with Gasteiger partial charge in [0.2, 0.25) is 0 Å². The molecule has 0 aliphatic carbocycles. The standard InChI is InChI=1S/C32H16BF52/c34-9(35,13(42,43)17(50,51)21(58,59)25(66,67)29(74,75)76)1-5-33(6-2-10(36,37)14(44,45)18(52,53)22(60,61)26(68,69)30(77,78)79,7-3-11(38,39)15(46,47)19(54,55)23(62,63)27(70,71)31(80,81)82)8-4-12(40,41)16(48,49)20(56,57)24(64,65)28(72,73)32(83,84)85/h1-8H2/q-1. The first kappa shape index (κ1) is 81.4. The molecule has 0 unspecified atom stereocenters. The SMILES string of the molecule is FC(F)(F)C(F)(F)C(F)(F)C(F)(F)C(F)(F)C(F)(F)CC[B-](CCC(F)(F)C(F)(F)C(F)(F)C(F)(F)C(F)(F)C(F)(F)F)(CCC(F)(F)C(F)(F)C(F)(F)C(F)(F)C(F)(F)C(F)(F)F)CCC(F)(F)C(F)(F)C(F)(F)C(F)(F)C(F)(F)C(F)(F)F. The highest BCUT2D eigenvalue weighted by Crippen LogP contribution is 2.67. The molecule has 0 aliphatic heterocycles. The van der Waals surface area contributed by atoms with E-state index in [1.165, 1.54) is 0 Å². The van der Waals surface area contributed by atoms with Crippen LogP contribution in [0.4, 0.5) is 228 Å². The van der Waals surface area contributed by atoms with Crippen molar-refractivity contribution in [2.75, 3.05) is 0 Å². The zero-order chi connectivity index (χ0) is 70.2. The summed E-state index contributed by atoms with van der Waals surface area (Å²) < 4.78 is 719. The molecule has 0 fully saturated rings. The number of rotatable bonds is 28. The molecule has 0 heterocycles. The molecular weight excluding hydrogens is 1380 g/mol. The molecule has 0 aromatic carbocycles. The van der Waals surface area contributed by atoms with Crippen LogP contribution in [0.25, 0.3) is 0 Å². The number of halogens is 52. The van der Waals surface area contributed by atoms with E-state index in [4.69, 9.17) is 0 Å². The molecule has 0 saturated heterocycles. The fourth-order valence-electron chi connectivity index (χ4n) is 6.65. The van der Waals surface area contributed by atoms with E-state index < -0.39 is 200 Å². The van der Waals surface area contributed by atoms with Crippen LogP contribution in [-0.2, 0) is 0 Å². The van der Waals surface area contributed by atoms with Gasteiger partial charge in [-0.25, -0.2) is 0 Å². The fourth-order valence-corrected chi connectivity index (χ4v) is 6.65. The maximum atomic E-state index is 15.0. The first-order chi connectivity index (χ1) is 35.8. The summed E-state index contributed by atoms with van der Waals surface area (Å²) in [5.74, 6) is -181. The summed E-state index contributed by atoms with van der Waals surface area (Å²) in [7, 11) is 0. The average Bonchev–Trinajstić information content (AvgIpc) is 3.25. The molecule has 0 bridgehead atoms. The molecule has 0 amide bonds. The van der Waals surface area contributed by atoms with Gasteiger partial charge in [0.25, 0.3) is 0 Å². The van der Waals surface area contributed by atoms with Gasteiger partial charge in [0.1, 0.15) is 0 Å². The summed E-state index contributed by atoms with van der Waals surface area (Å²) in [6, 6.07) is 0. The third-order valence-electron chi connectivity index (χ3n) is 12.3. The lowest BCUT2D eigenvalue weighted by Crippen LogP contribution is -2.70. The van der Waals surface area contributed by atoms with Crippen LogP contribution in [0.1, 0.15) is 25.7 Å². The maximum Gasteiger partial charge on any atom is 0.460 e. The van der Waals surface area contributed by atoms with Gasteiger partial charge in [-0.15, -0.1) is 0 Å². The van der Waals surface area contributed by atoms with Crippen LogP contribution in [-0.4, -0.2) is 149 Å². The summed E-state index contributed by atoms with van der Waals surface area (Å²) in [5, 5.41) is 0. The highest BCUT2D eigenvalue weighted by atomic mass is 19.5. The van der Waals surface area contributed by atoms with Gasteiger partial charge in [-0.1, -0.05) is 0 Å². The molecule has 0 aliphatic rings. The Morgan fingerprint density at radius 2 is 0.224 bits per heavy atom. The second kappa shape index (κ2) is 21.3. The van der Waals surface area contributed by atoms with Gasteiger partial charge in [0.05, 0.1) is 0 Å². The Balaban J connectivity index is 9.36. The summed E-state index contributed by atoms with van der Waals surface area (Å²) in [6.45, 7) is 0. The smallest absolute Gasteiger partial charge is 0.200 e. The summed E-state index contributed by atoms with van der Waals surface area (Å²) >= 11 is 0. The maximum absolute atomic E-state index is 15.0. The van der Waals surface area contributed by atoms with Crippen LogP contribution >= 0.6 is 0 Å². The van der Waals surface area contributed by atoms with E-state index in [1.807, 2.05) is 0 Å². The summed E-state index contributed by atoms with van der Waals surface area (Å²) in [4.78, 5) is 0. The Morgan fingerprint density at radius 3 is 0.318 bits per heavy atom. The minimum atomic E-state index is -9.41. The van der Waals surface area contributed by atoms with Crippen LogP contribution in [0.2, 0.25) is 25.3 Å². The molecule has 0 radical (unpaired) electrons. The molecule has 53 heteroatoms. The zero-order valence-corrected chi connectivity index (χ0v) is 37.9. The Morgan fingerprint density at radius 1 is 0.129 bits per heavy atom. The Hall–Kier alpha value is -3.58. The van der Waals surface area contributed by atoms with Crippen LogP contribution in [0.5, 0.6) is 0 Å². The van der Waals surface area contributed by atoms with Crippen molar-refractivity contribution >= 4 is 6.15 Å². The third kappa shape index (κ3) is 11.8. The number of hydrogen-bond acceptors (Lipinski definition) is 0. The average molecular weight is 1400 g/mol. The van der Waals surface area contributed by atoms with Crippen molar-refractivity contribution in [1.29, 1.82) is 0 Å². The van der Waals surface area contributed by atoms with E-state index in [1.54, 1.807) is 0 Å². The molecule has 0 N–H and O–H groups in total. The van der Waals surface area contributed by atoms with Crippen molar-refractivity contribution in [3.05, 3.63) is 0 Å². The van der Waals surface area contributed by atoms with E-state index in [9.17, 15) is 228 Å². The van der Waals surface area contributed by atoms with E-state index >= 15 is 0 Å². The Kier molecular flexibility index (Phi) is 20.4. The van der Waals surface area contributed by atoms with Crippen molar-refractivity contribution in [1.82, 2.24) is 0 Å². The van der Waals surface area contributed by atoms with E-state index in [0.717, 1.165) is 0 Å². The Labute approximate surface area is 429 Å². The molecule has 0 rings (SSSR count). The molecule has 0 nitrogen and oxygen atoms in total. The molecule has 0 aromatic heterocycles. The zero-order valence-electron chi connectivity index (χ0n) is 37.9. The normalized spacial score (nSPS) is 17.1. The lowest BCUT2D eigenvalue weighted by Gasteiger charge is -2.47. The van der Waals surface area contributed by atoms with E-state index in [2.05, 4.69) is 0 Å². The van der Waals surface area contributed by atoms with Crippen molar-refractivity contribution in [2.45, 2.75) is 194 Å². The largest absolute Gasteiger partial charge is 0.460 e. The molecule has 0 spiro atoms. The predicted octanol–water partition coefficient (Wildman–Crippen LogP) is 20.0. The molecule has 0 saturated carbocycles. The highest BCUT2D eigenvalue weighted by Gasteiger charge is 2.95. The molecule has 85 heavy (non-hydrogen) atoms. The quantitative estimate of drug-likeness (QED) is 0.0541. The van der Waals surface area contributed by atoms with Gasteiger partial charge in [-0.3, -0.25) is 0 Å². The predicted molar refractivity (Wildman–Crippen MR) is 167 cm³/mol. The third-order valence-corrected chi connectivity index (χ3v) is 12.3. The van der Waals surface area contributed by atoms with Crippen molar-refractivity contribution < 1.29 is 228 Å². The minimum Gasteiger partial charge on any atom is -0.200 e. The second-order valence-electron chi connectivity index (χ2n) is 17.9. The lowest BCUT2D eigenvalue weighted by molar-refractivity contribution is -0.440. The summed E-state index contributed by atoms with van der Waals surface area (Å²) in [6.07, 6.45) is -78.8. The van der Waals surface area contributed by atoms with E-state index in [-0.39, 0.29) is 0 Å². The van der Waals surface area contributed by atoms with Gasteiger partial charge in [-0.2, -0.15) is 254 Å². The van der Waals surface area contributed by atoms with Gasteiger partial charge >= 0.3 is 143 Å². The van der Waals surface area contributed by atoms with Crippen molar-refractivity contribution in [3.63, 3.8) is 0 Å². The lowest BCUT2D eigenvalue weighted by atomic mass is 9.17. The van der Waals surface area contributed by atoms with Gasteiger partial charge in [0.15, 0.2) is 0 Å². The van der Waals surface area contributed by atoms with Crippen molar-refractivity contribution in [3.8, 4) is 0 Å². The van der Waals surface area contributed by atoms with Gasteiger partial charge in [-0.05, 0) is 25.7 Å². The van der Waals surface area contributed by atoms with Crippen LogP contribution in [0.15, 0.2) is 0 Å². The Bertz CT molecular complexity index is 1960. The first-order valence-electron chi connectivity index (χ1n) is 19.9. The topological polar surface area (TPSA) is 0 Å².